The lowest BCUT2D eigenvalue weighted by atomic mass is 9.93. The first-order valence-electron chi connectivity index (χ1n) is 21.2. The number of piperidine rings is 1. The van der Waals surface area contributed by atoms with Crippen LogP contribution in [0.4, 0.5) is 0 Å². The molecule has 58 heavy (non-hydrogen) atoms. The molecule has 3 aromatic carbocycles. The third-order valence-electron chi connectivity index (χ3n) is 12.5. The number of nitriles is 1. The molecule has 2 bridgehead atoms. The van der Waals surface area contributed by atoms with Crippen molar-refractivity contribution in [2.45, 2.75) is 114 Å². The lowest BCUT2D eigenvalue weighted by Crippen LogP contribution is -2.45. The number of nitrogens with zero attached hydrogens (tertiary/aromatic N) is 2. The van der Waals surface area contributed by atoms with Crippen LogP contribution in [0.3, 0.4) is 0 Å². The average molecular weight is 803 g/mol. The van der Waals surface area contributed by atoms with Crippen molar-refractivity contribution < 1.29 is 24.1 Å². The fourth-order valence-corrected chi connectivity index (χ4v) is 9.84. The van der Waals surface area contributed by atoms with Crippen molar-refractivity contribution in [2.75, 3.05) is 26.3 Å². The van der Waals surface area contributed by atoms with Crippen molar-refractivity contribution in [1.82, 2.24) is 15.5 Å². The number of fused-ring (bicyclic) bond motifs is 3. The molecular weight excluding hydrogens is 748 g/mol. The van der Waals surface area contributed by atoms with E-state index in [1.54, 1.807) is 0 Å². The molecule has 0 spiro atoms. The topological polar surface area (TPSA) is 116 Å². The minimum atomic E-state index is -0.178. The van der Waals surface area contributed by atoms with Gasteiger partial charge in [0.1, 0.15) is 30.0 Å². The number of aliphatic hydroxyl groups is 1. The molecule has 1 amide bonds. The van der Waals surface area contributed by atoms with Gasteiger partial charge in [-0.2, -0.15) is 5.26 Å². The van der Waals surface area contributed by atoms with Crippen LogP contribution in [0.1, 0.15) is 92.6 Å². The van der Waals surface area contributed by atoms with E-state index < -0.39 is 0 Å². The minimum Gasteiger partial charge on any atom is -0.493 e. The highest BCUT2D eigenvalue weighted by atomic mass is 35.5. The molecule has 9 nitrogen and oxygen atoms in total. The van der Waals surface area contributed by atoms with E-state index in [-0.39, 0.29) is 24.2 Å². The maximum absolute atomic E-state index is 11.8. The van der Waals surface area contributed by atoms with Gasteiger partial charge in [0.25, 0.3) is 0 Å². The predicted octanol–water partition coefficient (Wildman–Crippen LogP) is 8.61. The number of aliphatic hydroxyl groups excluding tert-OH is 1. The molecule has 10 heteroatoms. The number of ether oxygens (including phenoxy) is 3. The van der Waals surface area contributed by atoms with E-state index in [0.29, 0.717) is 66.9 Å². The van der Waals surface area contributed by atoms with Crippen LogP contribution in [0, 0.1) is 18.3 Å². The summed E-state index contributed by atoms with van der Waals surface area (Å²) >= 11 is 6.99. The largest absolute Gasteiger partial charge is 0.493 e. The van der Waals surface area contributed by atoms with Gasteiger partial charge < -0.3 is 30.0 Å². The van der Waals surface area contributed by atoms with Crippen molar-refractivity contribution >= 4 is 17.5 Å². The van der Waals surface area contributed by atoms with Crippen LogP contribution in [-0.2, 0) is 17.8 Å². The second-order valence-electron chi connectivity index (χ2n) is 16.5. The van der Waals surface area contributed by atoms with Crippen molar-refractivity contribution in [1.29, 1.82) is 5.26 Å². The summed E-state index contributed by atoms with van der Waals surface area (Å²) in [7, 11) is 0. The Balaban J connectivity index is 0.964. The Kier molecular flexibility index (Phi) is 12.9. The van der Waals surface area contributed by atoms with Crippen LogP contribution in [0.25, 0.3) is 11.1 Å². The molecular formula is C48H55ClN4O5. The molecule has 0 aromatic heterocycles. The normalized spacial score (nSPS) is 26.3. The van der Waals surface area contributed by atoms with Crippen LogP contribution in [0.2, 0.25) is 5.02 Å². The van der Waals surface area contributed by atoms with Crippen molar-refractivity contribution in [2.24, 2.45) is 0 Å². The van der Waals surface area contributed by atoms with Gasteiger partial charge in [-0.15, -0.1) is 0 Å². The second-order valence-corrected chi connectivity index (χ2v) is 16.9. The molecule has 3 fully saturated rings. The average Bonchev–Trinajstić information content (AvgIpc) is 3.89. The Morgan fingerprint density at radius 3 is 2.62 bits per heavy atom. The van der Waals surface area contributed by atoms with Crippen molar-refractivity contribution in [3.05, 3.63) is 111 Å². The van der Waals surface area contributed by atoms with E-state index in [1.165, 1.54) is 29.5 Å². The van der Waals surface area contributed by atoms with Gasteiger partial charge in [0.15, 0.2) is 0 Å². The molecule has 3 N–H and O–H groups in total. The highest BCUT2D eigenvalue weighted by molar-refractivity contribution is 6.32. The monoisotopic (exact) mass is 802 g/mol. The summed E-state index contributed by atoms with van der Waals surface area (Å²) in [6, 6.07) is 20.1. The van der Waals surface area contributed by atoms with Crippen LogP contribution in [0.15, 0.2) is 84.0 Å². The van der Waals surface area contributed by atoms with Gasteiger partial charge in [0, 0.05) is 55.8 Å². The number of carbonyl (C=O) groups is 1. The summed E-state index contributed by atoms with van der Waals surface area (Å²) < 4.78 is 19.7. The first-order chi connectivity index (χ1) is 28.3. The summed E-state index contributed by atoms with van der Waals surface area (Å²) in [5.74, 6) is 2.24. The van der Waals surface area contributed by atoms with Gasteiger partial charge in [-0.25, -0.2) is 0 Å². The van der Waals surface area contributed by atoms with Gasteiger partial charge in [0.2, 0.25) is 5.91 Å². The summed E-state index contributed by atoms with van der Waals surface area (Å²) in [6.07, 6.45) is 17.6. The molecule has 2 aliphatic carbocycles. The summed E-state index contributed by atoms with van der Waals surface area (Å²) in [4.78, 5) is 14.4. The number of benzene rings is 3. The number of rotatable bonds is 15. The molecule has 4 atom stereocenters. The van der Waals surface area contributed by atoms with Crippen molar-refractivity contribution in [3.63, 3.8) is 0 Å². The highest BCUT2D eigenvalue weighted by Crippen LogP contribution is 2.44. The van der Waals surface area contributed by atoms with Crippen molar-refractivity contribution in [3.8, 4) is 34.4 Å². The SMILES string of the molecule is Cc1c(OCCCN2C3CCC2CC(O)C3)cccc1-c1cccc2c1CC[C@@H]2Oc1cc(OCC2=C/CC/C=C/C(C#N)=C\2)c(CNCC2CCC(=O)N2)cc1Cl. The molecule has 3 saturated heterocycles. The molecule has 5 aliphatic rings. The van der Waals surface area contributed by atoms with Crippen LogP contribution in [0.5, 0.6) is 17.2 Å². The van der Waals surface area contributed by atoms with Gasteiger partial charge in [-0.05, 0) is 129 Å². The zero-order chi connectivity index (χ0) is 40.0. The number of amides is 1. The zero-order valence-electron chi connectivity index (χ0n) is 33.5. The Hall–Kier alpha value is -4.59. The molecule has 3 unspecified atom stereocenters. The quantitative estimate of drug-likeness (QED) is 0.131. The number of nitrogens with one attached hydrogen (secondary N) is 2. The van der Waals surface area contributed by atoms with E-state index >= 15 is 0 Å². The minimum absolute atomic E-state index is 0.0923. The third-order valence-corrected chi connectivity index (χ3v) is 12.8. The fourth-order valence-electron chi connectivity index (χ4n) is 9.61. The maximum atomic E-state index is 11.8. The van der Waals surface area contributed by atoms with Crippen LogP contribution >= 0.6 is 11.6 Å². The highest BCUT2D eigenvalue weighted by Gasteiger charge is 2.39. The Morgan fingerprint density at radius 1 is 0.983 bits per heavy atom. The van der Waals surface area contributed by atoms with Gasteiger partial charge in [-0.1, -0.05) is 54.1 Å². The maximum Gasteiger partial charge on any atom is 0.220 e. The number of allylic oxidation sites excluding steroid dienone is 4. The Morgan fingerprint density at radius 2 is 1.81 bits per heavy atom. The van der Waals surface area contributed by atoms with E-state index in [4.69, 9.17) is 25.8 Å². The van der Waals surface area contributed by atoms with Crippen LogP contribution in [-0.4, -0.2) is 66.4 Å². The molecule has 3 aromatic rings. The van der Waals surface area contributed by atoms with E-state index in [2.05, 4.69) is 71.0 Å². The number of halogens is 1. The lowest BCUT2D eigenvalue weighted by molar-refractivity contribution is -0.119. The van der Waals surface area contributed by atoms with E-state index in [9.17, 15) is 15.2 Å². The van der Waals surface area contributed by atoms with Crippen LogP contribution < -0.4 is 24.8 Å². The second kappa shape index (κ2) is 18.6. The summed E-state index contributed by atoms with van der Waals surface area (Å²) in [5, 5.41) is 26.8. The van der Waals surface area contributed by atoms with Gasteiger partial charge in [-0.3, -0.25) is 9.69 Å². The number of hydrogen-bond donors (Lipinski definition) is 3. The fraction of sp³-hybridized carbons (Fsp3) is 0.458. The molecule has 0 radical (unpaired) electrons. The smallest absolute Gasteiger partial charge is 0.220 e. The molecule has 3 aliphatic heterocycles. The first-order valence-corrected chi connectivity index (χ1v) is 21.6. The standard InChI is InChI=1S/C48H55ClN4O5/c1-31-39(10-6-13-44(31)56-21-7-20-53-36-15-16-37(53)25-38(54)24-36)40-11-5-12-42-41(40)17-18-45(42)58-47-26-46(57-30-33-9-4-2-3-8-32(22-33)27-50)34(23-43(47)49)28-51-29-35-14-19-48(55)52-35/h3,5-6,8-13,22-23,26,35-38,45,51,54H,2,4,7,14-21,24-25,28-30H2,1H3,(H,52,55)/b8-3+,32-22+,33-9+/t35?,36?,37?,38?,45-/m0/s1. The molecule has 304 valence electrons. The van der Waals surface area contributed by atoms with E-state index in [0.717, 1.165) is 85.9 Å². The molecule has 3 heterocycles. The van der Waals surface area contributed by atoms with Gasteiger partial charge >= 0.3 is 0 Å². The molecule has 0 saturated carbocycles. The zero-order valence-corrected chi connectivity index (χ0v) is 34.2. The first kappa shape index (κ1) is 40.2. The number of hydrogen-bond acceptors (Lipinski definition) is 8. The van der Waals surface area contributed by atoms with E-state index in [1.807, 2.05) is 30.4 Å². The predicted molar refractivity (Wildman–Crippen MR) is 227 cm³/mol. The summed E-state index contributed by atoms with van der Waals surface area (Å²) in [6.45, 7) is 5.29. The Labute approximate surface area is 347 Å². The molecule has 8 rings (SSSR count). The van der Waals surface area contributed by atoms with Gasteiger partial charge in [0.05, 0.1) is 29.4 Å². The summed E-state index contributed by atoms with van der Waals surface area (Å²) in [5.41, 5.74) is 8.40. The number of carbonyl (C=O) groups excluding carboxylic acids is 1. The lowest BCUT2D eigenvalue weighted by Gasteiger charge is -2.37. The third kappa shape index (κ3) is 9.32. The Bertz CT molecular complexity index is 2110.